The summed E-state index contributed by atoms with van der Waals surface area (Å²) in [6, 6.07) is 7.72. The van der Waals surface area contributed by atoms with Gasteiger partial charge in [-0.1, -0.05) is 23.7 Å². The number of benzene rings is 1. The Bertz CT molecular complexity index is 962. The average Bonchev–Trinajstić information content (AvgIpc) is 2.79. The van der Waals surface area contributed by atoms with Crippen molar-refractivity contribution in [2.24, 2.45) is 0 Å². The number of nitrogens with zero attached hydrogens (tertiary/aromatic N) is 2. The third kappa shape index (κ3) is 3.52. The van der Waals surface area contributed by atoms with E-state index in [1.165, 1.54) is 38.1 Å². The van der Waals surface area contributed by atoms with Crippen molar-refractivity contribution < 1.29 is 22.8 Å². The van der Waals surface area contributed by atoms with Gasteiger partial charge in [0.15, 0.2) is 0 Å². The van der Waals surface area contributed by atoms with Crippen molar-refractivity contribution in [2.75, 3.05) is 5.43 Å². The number of carbonyl (C=O) groups excluding carboxylic acids is 2. The van der Waals surface area contributed by atoms with Crippen molar-refractivity contribution in [1.29, 1.82) is 0 Å². The predicted molar refractivity (Wildman–Crippen MR) is 93.5 cm³/mol. The molecule has 9 heteroatoms. The van der Waals surface area contributed by atoms with Gasteiger partial charge in [-0.15, -0.1) is 0 Å². The molecular weight excluding hydrogens is 383 g/mol. The fourth-order valence-corrected chi connectivity index (χ4v) is 2.76. The number of aromatic nitrogens is 1. The maximum atomic E-state index is 13.4. The summed E-state index contributed by atoms with van der Waals surface area (Å²) in [6.07, 6.45) is -4.64. The third-order valence-corrected chi connectivity index (χ3v) is 4.37. The smallest absolute Gasteiger partial charge is 0.271 e. The molecule has 0 saturated heterocycles. The molecule has 0 spiro atoms. The highest BCUT2D eigenvalue weighted by Gasteiger charge is 2.36. The molecule has 5 nitrogen and oxygen atoms in total. The molecule has 0 radical (unpaired) electrons. The lowest BCUT2D eigenvalue weighted by Crippen LogP contribution is -2.37. The molecule has 27 heavy (non-hydrogen) atoms. The van der Waals surface area contributed by atoms with E-state index in [1.54, 1.807) is 0 Å². The van der Waals surface area contributed by atoms with Gasteiger partial charge in [-0.3, -0.25) is 15.0 Å². The third-order valence-electron chi connectivity index (χ3n) is 4.14. The first-order valence-electron chi connectivity index (χ1n) is 7.76. The SMILES string of the molecule is CC1=C(C)C(=O)N(Nc2ccc(C(F)(F)F)c(-c3cccc(Cl)c3)n2)C1=O. The number of hydrazine groups is 1. The minimum atomic E-state index is -4.64. The van der Waals surface area contributed by atoms with Gasteiger partial charge >= 0.3 is 6.18 Å². The summed E-state index contributed by atoms with van der Waals surface area (Å²) >= 11 is 5.88. The Labute approximate surface area is 157 Å². The Morgan fingerprint density at radius 2 is 1.67 bits per heavy atom. The summed E-state index contributed by atoms with van der Waals surface area (Å²) in [5.74, 6) is -1.24. The number of rotatable bonds is 3. The van der Waals surface area contributed by atoms with Crippen LogP contribution in [0, 0.1) is 0 Å². The molecule has 2 aromatic rings. The molecule has 0 unspecified atom stereocenters. The van der Waals surface area contributed by atoms with Crippen molar-refractivity contribution in [2.45, 2.75) is 20.0 Å². The second-order valence-electron chi connectivity index (χ2n) is 5.91. The van der Waals surface area contributed by atoms with Crippen LogP contribution in [0.3, 0.4) is 0 Å². The van der Waals surface area contributed by atoms with E-state index >= 15 is 0 Å². The molecule has 0 atom stereocenters. The highest BCUT2D eigenvalue weighted by atomic mass is 35.5. The lowest BCUT2D eigenvalue weighted by Gasteiger charge is -2.19. The number of amides is 2. The van der Waals surface area contributed by atoms with Crippen LogP contribution < -0.4 is 5.43 Å². The number of anilines is 1. The van der Waals surface area contributed by atoms with Crippen molar-refractivity contribution in [3.63, 3.8) is 0 Å². The first-order valence-corrected chi connectivity index (χ1v) is 8.14. The lowest BCUT2D eigenvalue weighted by molar-refractivity contribution is -0.138. The summed E-state index contributed by atoms with van der Waals surface area (Å²) in [5.41, 5.74) is 1.84. The molecule has 1 aliphatic heterocycles. The summed E-state index contributed by atoms with van der Waals surface area (Å²) in [4.78, 5) is 28.2. The first-order chi connectivity index (χ1) is 12.6. The summed E-state index contributed by atoms with van der Waals surface area (Å²) in [7, 11) is 0. The van der Waals surface area contributed by atoms with Crippen molar-refractivity contribution in [3.8, 4) is 11.3 Å². The Morgan fingerprint density at radius 1 is 1.04 bits per heavy atom. The van der Waals surface area contributed by atoms with Gasteiger partial charge in [0.2, 0.25) is 0 Å². The van der Waals surface area contributed by atoms with Crippen LogP contribution in [-0.4, -0.2) is 21.8 Å². The van der Waals surface area contributed by atoms with Gasteiger partial charge in [0.05, 0.1) is 11.3 Å². The molecule has 1 aliphatic rings. The zero-order valence-electron chi connectivity index (χ0n) is 14.2. The number of hydrogen-bond acceptors (Lipinski definition) is 4. The van der Waals surface area contributed by atoms with Crippen molar-refractivity contribution >= 4 is 29.2 Å². The molecule has 0 fully saturated rings. The summed E-state index contributed by atoms with van der Waals surface area (Å²) in [5, 5.41) is 0.975. The van der Waals surface area contributed by atoms with E-state index in [4.69, 9.17) is 11.6 Å². The Balaban J connectivity index is 2.03. The van der Waals surface area contributed by atoms with E-state index in [0.717, 1.165) is 17.1 Å². The number of carbonyl (C=O) groups is 2. The number of pyridine rings is 1. The number of nitrogens with one attached hydrogen (secondary N) is 1. The minimum Gasteiger partial charge on any atom is -0.271 e. The normalized spacial score (nSPS) is 15.0. The Kier molecular flexibility index (Phi) is 4.69. The van der Waals surface area contributed by atoms with Crippen molar-refractivity contribution in [3.05, 3.63) is 58.1 Å². The zero-order valence-corrected chi connectivity index (χ0v) is 14.9. The summed E-state index contributed by atoms with van der Waals surface area (Å²) in [6.45, 7) is 2.99. The molecule has 2 amide bonds. The number of hydrogen-bond donors (Lipinski definition) is 1. The molecule has 3 rings (SSSR count). The van der Waals surface area contributed by atoms with Gasteiger partial charge in [-0.2, -0.15) is 18.2 Å². The molecule has 0 aliphatic carbocycles. The monoisotopic (exact) mass is 395 g/mol. The number of halogens is 4. The fraction of sp³-hybridized carbons (Fsp3) is 0.167. The van der Waals surface area contributed by atoms with Crippen LogP contribution in [0.15, 0.2) is 47.5 Å². The topological polar surface area (TPSA) is 62.3 Å². The first kappa shape index (κ1) is 18.9. The fourth-order valence-electron chi connectivity index (χ4n) is 2.57. The van der Waals surface area contributed by atoms with Gasteiger partial charge in [0, 0.05) is 21.7 Å². The van der Waals surface area contributed by atoms with E-state index in [2.05, 4.69) is 10.4 Å². The molecular formula is C18H13ClF3N3O2. The minimum absolute atomic E-state index is 0.0813. The highest BCUT2D eigenvalue weighted by molar-refractivity contribution is 6.30. The quantitative estimate of drug-likeness (QED) is 0.780. The van der Waals surface area contributed by atoms with Gasteiger partial charge in [-0.25, -0.2) is 4.98 Å². The zero-order chi connectivity index (χ0) is 19.9. The average molecular weight is 396 g/mol. The van der Waals surface area contributed by atoms with Crippen LogP contribution in [-0.2, 0) is 15.8 Å². The highest BCUT2D eigenvalue weighted by Crippen LogP contribution is 2.37. The standard InChI is InChI=1S/C18H13ClF3N3O2/c1-9-10(2)17(27)25(16(9)26)24-14-7-6-13(18(20,21)22)15(23-14)11-4-3-5-12(19)8-11/h3-8H,1-2H3,(H,23,24). The van der Waals surface area contributed by atoms with E-state index in [-0.39, 0.29) is 33.2 Å². The molecule has 0 bridgehead atoms. The molecule has 1 aromatic carbocycles. The van der Waals surface area contributed by atoms with Gasteiger partial charge in [-0.05, 0) is 38.1 Å². The largest absolute Gasteiger partial charge is 0.418 e. The van der Waals surface area contributed by atoms with E-state index in [1.807, 2.05) is 0 Å². The molecule has 1 N–H and O–H groups in total. The molecule has 0 saturated carbocycles. The lowest BCUT2D eigenvalue weighted by atomic mass is 10.1. The summed E-state index contributed by atoms with van der Waals surface area (Å²) < 4.78 is 40.1. The second kappa shape index (κ2) is 6.70. The van der Waals surface area contributed by atoms with Crippen LogP contribution in [0.2, 0.25) is 5.02 Å². The maximum absolute atomic E-state index is 13.4. The number of imide groups is 1. The molecule has 2 heterocycles. The second-order valence-corrected chi connectivity index (χ2v) is 6.34. The molecule has 1 aromatic heterocycles. The van der Waals surface area contributed by atoms with Crippen LogP contribution >= 0.6 is 11.6 Å². The van der Waals surface area contributed by atoms with Crippen LogP contribution in [0.25, 0.3) is 11.3 Å². The van der Waals surface area contributed by atoms with Gasteiger partial charge in [0.1, 0.15) is 5.82 Å². The van der Waals surface area contributed by atoms with Crippen molar-refractivity contribution in [1.82, 2.24) is 9.99 Å². The number of alkyl halides is 3. The Hall–Kier alpha value is -2.87. The van der Waals surface area contributed by atoms with Crippen LogP contribution in [0.1, 0.15) is 19.4 Å². The van der Waals surface area contributed by atoms with Gasteiger partial charge in [0.25, 0.3) is 11.8 Å². The van der Waals surface area contributed by atoms with E-state index < -0.39 is 23.6 Å². The predicted octanol–water partition coefficient (Wildman–Crippen LogP) is 4.45. The van der Waals surface area contributed by atoms with Crippen LogP contribution in [0.4, 0.5) is 19.0 Å². The van der Waals surface area contributed by atoms with Crippen LogP contribution in [0.5, 0.6) is 0 Å². The maximum Gasteiger partial charge on any atom is 0.418 e. The van der Waals surface area contributed by atoms with Gasteiger partial charge < -0.3 is 0 Å². The Morgan fingerprint density at radius 3 is 2.22 bits per heavy atom. The van der Waals surface area contributed by atoms with E-state index in [0.29, 0.717) is 0 Å². The molecule has 140 valence electrons. The van der Waals surface area contributed by atoms with E-state index in [9.17, 15) is 22.8 Å².